The molecule has 1 N–H and O–H groups in total. The average molecular weight is 259 g/mol. The molecule has 0 amide bonds. The van der Waals surface area contributed by atoms with E-state index < -0.39 is 5.97 Å². The van der Waals surface area contributed by atoms with Gasteiger partial charge in [-0.1, -0.05) is 37.1 Å². The summed E-state index contributed by atoms with van der Waals surface area (Å²) in [6.07, 6.45) is 8.10. The van der Waals surface area contributed by atoms with Crippen LogP contribution in [-0.2, 0) is 11.3 Å². The second-order valence-corrected chi connectivity index (χ2v) is 5.06. The van der Waals surface area contributed by atoms with Gasteiger partial charge in [-0.15, -0.1) is 0 Å². The fourth-order valence-electron chi connectivity index (χ4n) is 2.54. The van der Waals surface area contributed by atoms with Gasteiger partial charge < -0.3 is 5.11 Å². The van der Waals surface area contributed by atoms with Crippen molar-refractivity contribution in [1.29, 1.82) is 0 Å². The fourth-order valence-corrected chi connectivity index (χ4v) is 2.54. The lowest BCUT2D eigenvalue weighted by Crippen LogP contribution is -2.24. The third-order valence-electron chi connectivity index (χ3n) is 3.55. The van der Waals surface area contributed by atoms with Crippen LogP contribution in [0, 0.1) is 0 Å². The first-order valence-corrected chi connectivity index (χ1v) is 6.97. The minimum atomic E-state index is -0.899. The van der Waals surface area contributed by atoms with Gasteiger partial charge in [0.2, 0.25) is 0 Å². The molecule has 1 aliphatic heterocycles. The van der Waals surface area contributed by atoms with Crippen molar-refractivity contribution in [1.82, 2.24) is 4.90 Å². The van der Waals surface area contributed by atoms with E-state index in [0.29, 0.717) is 0 Å². The number of likely N-dealkylation sites (tertiary alicyclic amines) is 1. The quantitative estimate of drug-likeness (QED) is 0.844. The maximum absolute atomic E-state index is 10.6. The van der Waals surface area contributed by atoms with Crippen molar-refractivity contribution in [3.8, 4) is 0 Å². The van der Waals surface area contributed by atoms with E-state index in [1.165, 1.54) is 37.3 Å². The van der Waals surface area contributed by atoms with E-state index in [4.69, 9.17) is 5.11 Å². The summed E-state index contributed by atoms with van der Waals surface area (Å²) in [5.41, 5.74) is 2.22. The van der Waals surface area contributed by atoms with Crippen molar-refractivity contribution < 1.29 is 9.90 Å². The molecule has 2 rings (SSSR count). The van der Waals surface area contributed by atoms with Crippen LogP contribution in [0.1, 0.15) is 36.8 Å². The molecule has 19 heavy (non-hydrogen) atoms. The Balaban J connectivity index is 2.08. The monoisotopic (exact) mass is 259 g/mol. The van der Waals surface area contributed by atoms with Gasteiger partial charge in [0.25, 0.3) is 0 Å². The number of carboxylic acid groups (broad SMARTS) is 1. The first kappa shape index (κ1) is 13.8. The van der Waals surface area contributed by atoms with Crippen LogP contribution in [0.3, 0.4) is 0 Å². The highest BCUT2D eigenvalue weighted by Crippen LogP contribution is 2.17. The summed E-state index contributed by atoms with van der Waals surface area (Å²) in [7, 11) is 0. The number of benzene rings is 1. The van der Waals surface area contributed by atoms with E-state index in [1.54, 1.807) is 6.08 Å². The number of carbonyl (C=O) groups is 1. The van der Waals surface area contributed by atoms with E-state index >= 15 is 0 Å². The zero-order valence-corrected chi connectivity index (χ0v) is 11.2. The highest BCUT2D eigenvalue weighted by molar-refractivity contribution is 5.85. The topological polar surface area (TPSA) is 40.5 Å². The van der Waals surface area contributed by atoms with Crippen LogP contribution >= 0.6 is 0 Å². The molecule has 0 saturated carbocycles. The van der Waals surface area contributed by atoms with E-state index in [-0.39, 0.29) is 0 Å². The van der Waals surface area contributed by atoms with E-state index in [9.17, 15) is 4.79 Å². The fraction of sp³-hybridized carbons (Fsp3) is 0.438. The number of rotatable bonds is 4. The standard InChI is InChI=1S/C16H21NO2/c18-16(19)10-9-14-7-3-4-8-15(14)13-17-11-5-1-2-6-12-17/h3-4,7-10H,1-2,5-6,11-13H2,(H,18,19). The summed E-state index contributed by atoms with van der Waals surface area (Å²) in [4.78, 5) is 13.1. The van der Waals surface area contributed by atoms with Crippen LogP contribution in [0.2, 0.25) is 0 Å². The maximum Gasteiger partial charge on any atom is 0.328 e. The molecule has 0 radical (unpaired) electrons. The van der Waals surface area contributed by atoms with Crippen molar-refractivity contribution in [3.05, 3.63) is 41.5 Å². The predicted molar refractivity (Wildman–Crippen MR) is 76.9 cm³/mol. The maximum atomic E-state index is 10.6. The zero-order chi connectivity index (χ0) is 13.5. The molecule has 1 fully saturated rings. The molecule has 0 spiro atoms. The Labute approximate surface area is 114 Å². The molecule has 3 nitrogen and oxygen atoms in total. The van der Waals surface area contributed by atoms with E-state index in [1.807, 2.05) is 18.2 Å². The Hall–Kier alpha value is -1.61. The molecule has 1 aliphatic rings. The molecule has 0 unspecified atom stereocenters. The van der Waals surface area contributed by atoms with Crippen molar-refractivity contribution in [2.45, 2.75) is 32.2 Å². The van der Waals surface area contributed by atoms with Gasteiger partial charge in [-0.05, 0) is 43.1 Å². The molecule has 1 saturated heterocycles. The van der Waals surface area contributed by atoms with Crippen LogP contribution in [0.15, 0.2) is 30.3 Å². The van der Waals surface area contributed by atoms with Gasteiger partial charge in [0.05, 0.1) is 0 Å². The molecule has 0 bridgehead atoms. The normalized spacial score (nSPS) is 17.5. The second-order valence-electron chi connectivity index (χ2n) is 5.06. The Kier molecular flexibility index (Phi) is 5.16. The first-order valence-electron chi connectivity index (χ1n) is 6.97. The lowest BCUT2D eigenvalue weighted by atomic mass is 10.1. The third kappa shape index (κ3) is 4.52. The SMILES string of the molecule is O=C(O)C=Cc1ccccc1CN1CCCCCC1. The second kappa shape index (κ2) is 7.10. The molecular formula is C16H21NO2. The van der Waals surface area contributed by atoms with Gasteiger partial charge in [-0.25, -0.2) is 4.79 Å². The molecule has 1 aromatic rings. The van der Waals surface area contributed by atoms with Gasteiger partial charge in [-0.3, -0.25) is 4.90 Å². The molecule has 0 atom stereocenters. The van der Waals surface area contributed by atoms with Gasteiger partial charge in [0.1, 0.15) is 0 Å². The lowest BCUT2D eigenvalue weighted by Gasteiger charge is -2.20. The number of carboxylic acids is 1. The van der Waals surface area contributed by atoms with Gasteiger partial charge in [-0.2, -0.15) is 0 Å². The minimum Gasteiger partial charge on any atom is -0.478 e. The van der Waals surface area contributed by atoms with Crippen LogP contribution in [0.4, 0.5) is 0 Å². The lowest BCUT2D eigenvalue weighted by molar-refractivity contribution is -0.131. The summed E-state index contributed by atoms with van der Waals surface area (Å²) in [6, 6.07) is 8.04. The summed E-state index contributed by atoms with van der Waals surface area (Å²) < 4.78 is 0. The molecular weight excluding hydrogens is 238 g/mol. The van der Waals surface area contributed by atoms with Crippen LogP contribution in [-0.4, -0.2) is 29.1 Å². The van der Waals surface area contributed by atoms with Gasteiger partial charge in [0, 0.05) is 12.6 Å². The largest absolute Gasteiger partial charge is 0.478 e. The Morgan fingerprint density at radius 2 is 1.84 bits per heavy atom. The smallest absolute Gasteiger partial charge is 0.328 e. The average Bonchev–Trinajstić information content (AvgIpc) is 2.66. The number of aliphatic carboxylic acids is 1. The van der Waals surface area contributed by atoms with Crippen molar-refractivity contribution in [3.63, 3.8) is 0 Å². The zero-order valence-electron chi connectivity index (χ0n) is 11.2. The highest BCUT2D eigenvalue weighted by Gasteiger charge is 2.10. The summed E-state index contributed by atoms with van der Waals surface area (Å²) >= 11 is 0. The van der Waals surface area contributed by atoms with Crippen molar-refractivity contribution in [2.24, 2.45) is 0 Å². The summed E-state index contributed by atoms with van der Waals surface area (Å²) in [5, 5.41) is 8.73. The number of hydrogen-bond donors (Lipinski definition) is 1. The summed E-state index contributed by atoms with van der Waals surface area (Å²) in [6.45, 7) is 3.22. The Morgan fingerprint density at radius 3 is 2.53 bits per heavy atom. The van der Waals surface area contributed by atoms with Crippen molar-refractivity contribution >= 4 is 12.0 Å². The van der Waals surface area contributed by atoms with Crippen LogP contribution < -0.4 is 0 Å². The number of hydrogen-bond acceptors (Lipinski definition) is 2. The third-order valence-corrected chi connectivity index (χ3v) is 3.55. The molecule has 102 valence electrons. The van der Waals surface area contributed by atoms with Crippen LogP contribution in [0.5, 0.6) is 0 Å². The molecule has 1 aromatic carbocycles. The molecule has 0 aliphatic carbocycles. The van der Waals surface area contributed by atoms with E-state index in [2.05, 4.69) is 11.0 Å². The predicted octanol–water partition coefficient (Wildman–Crippen LogP) is 3.16. The minimum absolute atomic E-state index is 0.899. The van der Waals surface area contributed by atoms with Crippen molar-refractivity contribution in [2.75, 3.05) is 13.1 Å². The Bertz CT molecular complexity index is 446. The Morgan fingerprint density at radius 1 is 1.16 bits per heavy atom. The van der Waals surface area contributed by atoms with Crippen LogP contribution in [0.25, 0.3) is 6.08 Å². The molecule has 1 heterocycles. The highest BCUT2D eigenvalue weighted by atomic mass is 16.4. The first-order chi connectivity index (χ1) is 9.25. The van der Waals surface area contributed by atoms with E-state index in [0.717, 1.165) is 25.2 Å². The van der Waals surface area contributed by atoms with Gasteiger partial charge in [0.15, 0.2) is 0 Å². The summed E-state index contributed by atoms with van der Waals surface area (Å²) in [5.74, 6) is -0.899. The molecule has 3 heteroatoms. The van der Waals surface area contributed by atoms with Gasteiger partial charge >= 0.3 is 5.97 Å². The number of nitrogens with zero attached hydrogens (tertiary/aromatic N) is 1. The molecule has 0 aromatic heterocycles.